The summed E-state index contributed by atoms with van der Waals surface area (Å²) in [6, 6.07) is 8.05. The van der Waals surface area contributed by atoms with E-state index in [1.54, 1.807) is 24.3 Å². The van der Waals surface area contributed by atoms with Gasteiger partial charge in [0.05, 0.1) is 10.0 Å². The molecule has 4 nitrogen and oxygen atoms in total. The summed E-state index contributed by atoms with van der Waals surface area (Å²) in [7, 11) is 0. The molecular weight excluding hydrogens is 432 g/mol. The van der Waals surface area contributed by atoms with Crippen LogP contribution in [0.2, 0.25) is 0 Å². The van der Waals surface area contributed by atoms with Gasteiger partial charge in [-0.15, -0.1) is 0 Å². The molecule has 1 aliphatic rings. The Morgan fingerprint density at radius 2 is 1.34 bits per heavy atom. The number of halogens is 1. The molecule has 0 saturated heterocycles. The molecule has 0 amide bonds. The van der Waals surface area contributed by atoms with Crippen molar-refractivity contribution in [1.29, 1.82) is 0 Å². The monoisotopic (exact) mass is 456 g/mol. The number of carbonyl (C=O) groups is 2. The maximum atomic E-state index is 13.3. The maximum absolute atomic E-state index is 13.3. The first-order valence-corrected chi connectivity index (χ1v) is 10.2. The molecule has 5 heteroatoms. The second-order valence-corrected chi connectivity index (χ2v) is 10.3. The van der Waals surface area contributed by atoms with Crippen molar-refractivity contribution in [3.05, 3.63) is 62.6 Å². The predicted octanol–water partition coefficient (Wildman–Crippen LogP) is 5.88. The Balaban J connectivity index is 2.35. The van der Waals surface area contributed by atoms with Crippen LogP contribution in [0.4, 0.5) is 0 Å². The van der Waals surface area contributed by atoms with Crippen molar-refractivity contribution in [3.8, 4) is 11.5 Å². The average molecular weight is 457 g/mol. The number of rotatable bonds is 1. The van der Waals surface area contributed by atoms with Crippen LogP contribution in [0.15, 0.2) is 34.8 Å². The van der Waals surface area contributed by atoms with E-state index in [9.17, 15) is 19.8 Å². The van der Waals surface area contributed by atoms with Crippen LogP contribution in [0.1, 0.15) is 78.9 Å². The molecule has 2 N–H and O–H groups in total. The molecule has 0 heterocycles. The van der Waals surface area contributed by atoms with Crippen molar-refractivity contribution in [2.24, 2.45) is 0 Å². The highest BCUT2D eigenvalue weighted by atomic mass is 79.9. The molecule has 0 aliphatic heterocycles. The largest absolute Gasteiger partial charge is 0.507 e. The number of hydrogen-bond donors (Lipinski definition) is 2. The minimum absolute atomic E-state index is 0.0130. The summed E-state index contributed by atoms with van der Waals surface area (Å²) < 4.78 is 0.113. The number of hydrogen-bond acceptors (Lipinski definition) is 4. The summed E-state index contributed by atoms with van der Waals surface area (Å²) in [6.07, 6.45) is 0. The Labute approximate surface area is 179 Å². The van der Waals surface area contributed by atoms with E-state index in [-0.39, 0.29) is 49.3 Å². The molecule has 0 fully saturated rings. The van der Waals surface area contributed by atoms with E-state index in [2.05, 4.69) is 15.9 Å². The number of benzene rings is 2. The van der Waals surface area contributed by atoms with Crippen molar-refractivity contribution >= 4 is 33.1 Å². The second-order valence-electron chi connectivity index (χ2n) is 9.47. The quantitative estimate of drug-likeness (QED) is 0.561. The minimum atomic E-state index is -0.435. The summed E-state index contributed by atoms with van der Waals surface area (Å²) in [5.74, 6) is -0.783. The summed E-state index contributed by atoms with van der Waals surface area (Å²) >= 11 is 3.31. The topological polar surface area (TPSA) is 74.6 Å². The molecule has 0 radical (unpaired) electrons. The molecule has 0 aromatic heterocycles. The average Bonchev–Trinajstić information content (AvgIpc) is 2.59. The SMILES string of the molecule is CC(C)(C)c1cc(C2=C(Br)C(=O)c3c(O)cccc3C2=O)cc(C(C)(C)C)c1O. The number of phenols is 2. The maximum Gasteiger partial charge on any atom is 0.205 e. The van der Waals surface area contributed by atoms with E-state index in [0.29, 0.717) is 16.7 Å². The van der Waals surface area contributed by atoms with Gasteiger partial charge in [0.1, 0.15) is 11.5 Å². The fourth-order valence-corrected chi connectivity index (χ4v) is 4.21. The molecule has 2 aromatic carbocycles. The van der Waals surface area contributed by atoms with Gasteiger partial charge in [-0.05, 0) is 50.5 Å². The number of carbonyl (C=O) groups excluding carboxylic acids is 2. The van der Waals surface area contributed by atoms with Crippen molar-refractivity contribution in [2.75, 3.05) is 0 Å². The first-order chi connectivity index (χ1) is 13.2. The van der Waals surface area contributed by atoms with Crippen LogP contribution in [0.5, 0.6) is 11.5 Å². The highest BCUT2D eigenvalue weighted by molar-refractivity contribution is 9.12. The van der Waals surface area contributed by atoms with E-state index in [0.717, 1.165) is 0 Å². The number of allylic oxidation sites excluding steroid dienone is 2. The van der Waals surface area contributed by atoms with Crippen LogP contribution < -0.4 is 0 Å². The Morgan fingerprint density at radius 3 is 1.83 bits per heavy atom. The Kier molecular flexibility index (Phi) is 5.02. The van der Waals surface area contributed by atoms with Gasteiger partial charge in [-0.2, -0.15) is 0 Å². The standard InChI is InChI=1S/C24H25BrO4/c1-23(2,3)14-10-12(11-15(21(14)28)24(4,5)6)17-19(25)22(29)18-13(20(17)27)8-7-9-16(18)26/h7-11,26,28H,1-6H3. The van der Waals surface area contributed by atoms with Gasteiger partial charge in [0, 0.05) is 22.3 Å². The molecule has 0 saturated carbocycles. The van der Waals surface area contributed by atoms with Crippen LogP contribution >= 0.6 is 15.9 Å². The smallest absolute Gasteiger partial charge is 0.205 e. The summed E-state index contributed by atoms with van der Waals surface area (Å²) in [5.41, 5.74) is 1.66. The highest BCUT2D eigenvalue weighted by Crippen LogP contribution is 2.44. The van der Waals surface area contributed by atoms with E-state index < -0.39 is 5.78 Å². The van der Waals surface area contributed by atoms with Crippen molar-refractivity contribution in [1.82, 2.24) is 0 Å². The molecule has 3 rings (SSSR count). The zero-order valence-electron chi connectivity index (χ0n) is 17.5. The zero-order chi connectivity index (χ0) is 21.9. The first-order valence-electron chi connectivity index (χ1n) is 9.44. The lowest BCUT2D eigenvalue weighted by Crippen LogP contribution is -2.21. The Morgan fingerprint density at radius 1 is 0.828 bits per heavy atom. The molecule has 1 aliphatic carbocycles. The van der Waals surface area contributed by atoms with Crippen molar-refractivity contribution < 1.29 is 19.8 Å². The molecule has 0 atom stereocenters. The van der Waals surface area contributed by atoms with Gasteiger partial charge >= 0.3 is 0 Å². The Bertz CT molecular complexity index is 1040. The Hall–Kier alpha value is -2.40. The normalized spacial score (nSPS) is 15.0. The highest BCUT2D eigenvalue weighted by Gasteiger charge is 2.35. The van der Waals surface area contributed by atoms with Gasteiger partial charge < -0.3 is 10.2 Å². The van der Waals surface area contributed by atoms with Gasteiger partial charge in [0.25, 0.3) is 0 Å². The van der Waals surface area contributed by atoms with E-state index in [1.807, 2.05) is 41.5 Å². The van der Waals surface area contributed by atoms with E-state index in [4.69, 9.17) is 0 Å². The third-order valence-electron chi connectivity index (χ3n) is 5.17. The van der Waals surface area contributed by atoms with E-state index >= 15 is 0 Å². The summed E-state index contributed by atoms with van der Waals surface area (Å²) in [4.78, 5) is 26.2. The van der Waals surface area contributed by atoms with Gasteiger partial charge in [-0.3, -0.25) is 9.59 Å². The number of ketones is 2. The lowest BCUT2D eigenvalue weighted by molar-refractivity contribution is 0.0996. The van der Waals surface area contributed by atoms with Gasteiger partial charge in [-0.1, -0.05) is 53.7 Å². The van der Waals surface area contributed by atoms with Gasteiger partial charge in [-0.25, -0.2) is 0 Å². The van der Waals surface area contributed by atoms with Crippen LogP contribution in [0.25, 0.3) is 5.57 Å². The molecule has 0 bridgehead atoms. The number of Topliss-reactive ketones (excluding diaryl/α,β-unsaturated/α-hetero) is 2. The number of fused-ring (bicyclic) bond motifs is 1. The van der Waals surface area contributed by atoms with Crippen LogP contribution in [-0.2, 0) is 10.8 Å². The fourth-order valence-electron chi connectivity index (χ4n) is 3.61. The molecule has 29 heavy (non-hydrogen) atoms. The van der Waals surface area contributed by atoms with Crippen LogP contribution in [0, 0.1) is 0 Å². The lowest BCUT2D eigenvalue weighted by Gasteiger charge is -2.29. The first kappa shape index (κ1) is 21.3. The van der Waals surface area contributed by atoms with E-state index in [1.165, 1.54) is 6.07 Å². The molecule has 2 aromatic rings. The molecular formula is C24H25BrO4. The van der Waals surface area contributed by atoms with Crippen molar-refractivity contribution in [2.45, 2.75) is 52.4 Å². The molecule has 152 valence electrons. The van der Waals surface area contributed by atoms with Crippen LogP contribution in [-0.4, -0.2) is 21.8 Å². The zero-order valence-corrected chi connectivity index (χ0v) is 19.1. The number of aromatic hydroxyl groups is 2. The fraction of sp³-hybridized carbons (Fsp3) is 0.333. The van der Waals surface area contributed by atoms with Gasteiger partial charge in [0.2, 0.25) is 5.78 Å². The second kappa shape index (κ2) is 6.84. The third kappa shape index (κ3) is 3.52. The minimum Gasteiger partial charge on any atom is -0.507 e. The van der Waals surface area contributed by atoms with Crippen LogP contribution in [0.3, 0.4) is 0 Å². The molecule has 0 spiro atoms. The van der Waals surface area contributed by atoms with Crippen molar-refractivity contribution in [3.63, 3.8) is 0 Å². The summed E-state index contributed by atoms with van der Waals surface area (Å²) in [6.45, 7) is 11.9. The predicted molar refractivity (Wildman–Crippen MR) is 118 cm³/mol. The molecule has 0 unspecified atom stereocenters. The lowest BCUT2D eigenvalue weighted by atomic mass is 9.76. The summed E-state index contributed by atoms with van der Waals surface area (Å²) in [5, 5.41) is 21.1. The van der Waals surface area contributed by atoms with Gasteiger partial charge in [0.15, 0.2) is 5.78 Å². The number of phenolic OH excluding ortho intramolecular Hbond substituents is 2. The third-order valence-corrected chi connectivity index (χ3v) is 5.93.